The first-order valence-corrected chi connectivity index (χ1v) is 7.97. The van der Waals surface area contributed by atoms with Crippen LogP contribution in [-0.2, 0) is 5.41 Å². The van der Waals surface area contributed by atoms with Gasteiger partial charge in [-0.2, -0.15) is 0 Å². The SMILES string of the molecule is CC(C)(C)c1ccc(C(=O)NSC(=O)Nc2ccccn2)cc1. The smallest absolute Gasteiger partial charge is 0.300 e. The van der Waals surface area contributed by atoms with E-state index in [1.807, 2.05) is 12.1 Å². The van der Waals surface area contributed by atoms with Gasteiger partial charge in [0, 0.05) is 11.8 Å². The summed E-state index contributed by atoms with van der Waals surface area (Å²) in [6.07, 6.45) is 1.58. The number of aromatic nitrogens is 1. The lowest BCUT2D eigenvalue weighted by Crippen LogP contribution is -2.21. The number of rotatable bonds is 2. The normalized spacial score (nSPS) is 10.9. The van der Waals surface area contributed by atoms with Gasteiger partial charge in [0.2, 0.25) is 0 Å². The van der Waals surface area contributed by atoms with E-state index < -0.39 is 5.24 Å². The molecule has 0 saturated carbocycles. The fraction of sp³-hybridized carbons (Fsp3) is 0.235. The molecule has 2 rings (SSSR count). The quantitative estimate of drug-likeness (QED) is 0.817. The molecule has 0 aliphatic rings. The van der Waals surface area contributed by atoms with Gasteiger partial charge < -0.3 is 0 Å². The topological polar surface area (TPSA) is 71.1 Å². The highest BCUT2D eigenvalue weighted by Gasteiger charge is 2.15. The Kier molecular flexibility index (Phi) is 5.39. The fourth-order valence-corrected chi connectivity index (χ4v) is 2.30. The summed E-state index contributed by atoms with van der Waals surface area (Å²) in [4.78, 5) is 27.7. The molecule has 0 spiro atoms. The van der Waals surface area contributed by atoms with Gasteiger partial charge in [-0.05, 0) is 35.2 Å². The molecule has 0 radical (unpaired) electrons. The zero-order valence-electron chi connectivity index (χ0n) is 13.3. The molecule has 23 heavy (non-hydrogen) atoms. The number of amides is 2. The number of nitrogens with one attached hydrogen (secondary N) is 2. The third kappa shape index (κ3) is 5.10. The van der Waals surface area contributed by atoms with Crippen molar-refractivity contribution in [2.75, 3.05) is 5.32 Å². The summed E-state index contributed by atoms with van der Waals surface area (Å²) in [7, 11) is 0. The van der Waals surface area contributed by atoms with Crippen molar-refractivity contribution < 1.29 is 9.59 Å². The molecule has 0 aliphatic carbocycles. The standard InChI is InChI=1S/C17H19N3O2S/c1-17(2,3)13-9-7-12(8-10-13)15(21)20-23-16(22)19-14-6-4-5-11-18-14/h4-11H,1-3H3,(H,20,21)(H,18,19,22). The molecule has 1 aromatic carbocycles. The van der Waals surface area contributed by atoms with Gasteiger partial charge in [0.15, 0.2) is 0 Å². The largest absolute Gasteiger partial charge is 0.305 e. The second kappa shape index (κ2) is 7.28. The summed E-state index contributed by atoms with van der Waals surface area (Å²) >= 11 is 0.694. The molecule has 0 unspecified atom stereocenters. The maximum Gasteiger partial charge on any atom is 0.305 e. The molecule has 0 saturated heterocycles. The summed E-state index contributed by atoms with van der Waals surface area (Å²) in [6.45, 7) is 6.33. The average Bonchev–Trinajstić information content (AvgIpc) is 2.53. The van der Waals surface area contributed by atoms with Crippen molar-refractivity contribution in [1.29, 1.82) is 0 Å². The lowest BCUT2D eigenvalue weighted by molar-refractivity contribution is 0.0984. The summed E-state index contributed by atoms with van der Waals surface area (Å²) in [5, 5.41) is 2.18. The molecule has 2 N–H and O–H groups in total. The Labute approximate surface area is 140 Å². The van der Waals surface area contributed by atoms with Crippen LogP contribution in [0.2, 0.25) is 0 Å². The van der Waals surface area contributed by atoms with E-state index in [0.29, 0.717) is 23.3 Å². The van der Waals surface area contributed by atoms with Crippen molar-refractivity contribution in [1.82, 2.24) is 9.71 Å². The minimum atomic E-state index is -0.400. The minimum absolute atomic E-state index is 0.0341. The molecule has 1 aromatic heterocycles. The summed E-state index contributed by atoms with van der Waals surface area (Å²) < 4.78 is 2.52. The molecule has 6 heteroatoms. The van der Waals surface area contributed by atoms with Crippen LogP contribution in [0.15, 0.2) is 48.7 Å². The number of pyridine rings is 1. The Bertz CT molecular complexity index is 679. The first-order valence-electron chi connectivity index (χ1n) is 7.16. The van der Waals surface area contributed by atoms with Crippen molar-refractivity contribution in [2.24, 2.45) is 0 Å². The summed E-state index contributed by atoms with van der Waals surface area (Å²) in [5.41, 5.74) is 1.69. The highest BCUT2D eigenvalue weighted by Crippen LogP contribution is 2.22. The molecular weight excluding hydrogens is 310 g/mol. The minimum Gasteiger partial charge on any atom is -0.300 e. The van der Waals surface area contributed by atoms with Crippen LogP contribution in [0.25, 0.3) is 0 Å². The number of nitrogens with zero attached hydrogens (tertiary/aromatic N) is 1. The van der Waals surface area contributed by atoms with Crippen LogP contribution >= 0.6 is 11.9 Å². The van der Waals surface area contributed by atoms with Crippen molar-refractivity contribution in [3.8, 4) is 0 Å². The van der Waals surface area contributed by atoms with E-state index in [0.717, 1.165) is 5.56 Å². The van der Waals surface area contributed by atoms with Gasteiger partial charge in [-0.25, -0.2) is 4.98 Å². The van der Waals surface area contributed by atoms with Gasteiger partial charge in [-0.3, -0.25) is 19.6 Å². The third-order valence-corrected chi connectivity index (χ3v) is 3.72. The molecular formula is C17H19N3O2S. The highest BCUT2D eigenvalue weighted by atomic mass is 32.2. The van der Waals surface area contributed by atoms with E-state index in [1.54, 1.807) is 36.5 Å². The molecule has 0 bridgehead atoms. The van der Waals surface area contributed by atoms with Gasteiger partial charge in [0.05, 0.1) is 11.9 Å². The first kappa shape index (κ1) is 17.0. The van der Waals surface area contributed by atoms with Crippen molar-refractivity contribution in [3.05, 3.63) is 59.8 Å². The number of hydrogen-bond donors (Lipinski definition) is 2. The number of anilines is 1. The second-order valence-electron chi connectivity index (χ2n) is 5.99. The van der Waals surface area contributed by atoms with E-state index in [1.165, 1.54) is 0 Å². The van der Waals surface area contributed by atoms with Crippen molar-refractivity contribution in [2.45, 2.75) is 26.2 Å². The van der Waals surface area contributed by atoms with Gasteiger partial charge in [0.1, 0.15) is 5.82 Å². The maximum absolute atomic E-state index is 12.0. The molecule has 0 fully saturated rings. The van der Waals surface area contributed by atoms with E-state index in [4.69, 9.17) is 0 Å². The van der Waals surface area contributed by atoms with Crippen molar-refractivity contribution >= 4 is 28.9 Å². The molecule has 0 atom stereocenters. The van der Waals surface area contributed by atoms with Crippen LogP contribution in [0.3, 0.4) is 0 Å². The molecule has 120 valence electrons. The van der Waals surface area contributed by atoms with E-state index in [2.05, 4.69) is 35.8 Å². The molecule has 2 aromatic rings. The Morgan fingerprint density at radius 1 is 1.04 bits per heavy atom. The van der Waals surface area contributed by atoms with E-state index >= 15 is 0 Å². The fourth-order valence-electron chi connectivity index (χ4n) is 1.84. The third-order valence-electron chi connectivity index (χ3n) is 3.14. The maximum atomic E-state index is 12.0. The van der Waals surface area contributed by atoms with Crippen LogP contribution < -0.4 is 10.0 Å². The van der Waals surface area contributed by atoms with E-state index in [9.17, 15) is 9.59 Å². The Hall–Kier alpha value is -2.34. The predicted molar refractivity (Wildman–Crippen MR) is 93.5 cm³/mol. The van der Waals surface area contributed by atoms with E-state index in [-0.39, 0.29) is 11.3 Å². The lowest BCUT2D eigenvalue weighted by Gasteiger charge is -2.18. The molecule has 5 nitrogen and oxygen atoms in total. The number of hydrogen-bond acceptors (Lipinski definition) is 4. The zero-order chi connectivity index (χ0) is 16.9. The van der Waals surface area contributed by atoms with Gasteiger partial charge in [0.25, 0.3) is 5.91 Å². The predicted octanol–water partition coefficient (Wildman–Crippen LogP) is 3.99. The van der Waals surface area contributed by atoms with Crippen LogP contribution in [0, 0.1) is 0 Å². The second-order valence-corrected chi connectivity index (χ2v) is 6.77. The monoisotopic (exact) mass is 329 g/mol. The number of carbonyl (C=O) groups is 2. The Morgan fingerprint density at radius 3 is 2.30 bits per heavy atom. The lowest BCUT2D eigenvalue weighted by atomic mass is 9.87. The summed E-state index contributed by atoms with van der Waals surface area (Å²) in [5.74, 6) is 0.125. The zero-order valence-corrected chi connectivity index (χ0v) is 14.1. The van der Waals surface area contributed by atoms with Crippen LogP contribution in [-0.4, -0.2) is 16.1 Å². The summed E-state index contributed by atoms with van der Waals surface area (Å²) in [6, 6.07) is 12.6. The van der Waals surface area contributed by atoms with Gasteiger partial charge >= 0.3 is 5.24 Å². The Morgan fingerprint density at radius 2 is 1.74 bits per heavy atom. The first-order chi connectivity index (χ1) is 10.9. The average molecular weight is 329 g/mol. The number of benzene rings is 1. The molecule has 1 heterocycles. The van der Waals surface area contributed by atoms with Crippen molar-refractivity contribution in [3.63, 3.8) is 0 Å². The van der Waals surface area contributed by atoms with Crippen LogP contribution in [0.5, 0.6) is 0 Å². The number of carbonyl (C=O) groups excluding carboxylic acids is 2. The Balaban J connectivity index is 1.88. The van der Waals surface area contributed by atoms with Crippen LogP contribution in [0.4, 0.5) is 10.6 Å². The highest BCUT2D eigenvalue weighted by molar-refractivity contribution is 8.12. The molecule has 0 aliphatic heterocycles. The molecule has 2 amide bonds. The van der Waals surface area contributed by atoms with Gasteiger partial charge in [-0.15, -0.1) is 0 Å². The van der Waals surface area contributed by atoms with Gasteiger partial charge in [-0.1, -0.05) is 39.0 Å². The van der Waals surface area contributed by atoms with Crippen LogP contribution in [0.1, 0.15) is 36.7 Å².